The maximum absolute atomic E-state index is 11.0. The molecule has 0 atom stereocenters. The molecule has 0 aliphatic rings. The van der Waals surface area contributed by atoms with E-state index in [2.05, 4.69) is 20.0 Å². The van der Waals surface area contributed by atoms with E-state index in [0.29, 0.717) is 5.95 Å². The molecule has 2 N–H and O–H groups in total. The third-order valence-corrected chi connectivity index (χ3v) is 2.09. The Morgan fingerprint density at radius 2 is 2.25 bits per heavy atom. The molecule has 0 aliphatic heterocycles. The number of aromatic amines is 1. The van der Waals surface area contributed by atoms with Crippen molar-refractivity contribution in [2.45, 2.75) is 0 Å². The number of amides is 1. The zero-order valence-electron chi connectivity index (χ0n) is 8.90. The number of H-pyrrole nitrogens is 1. The van der Waals surface area contributed by atoms with E-state index in [1.54, 1.807) is 25.3 Å². The lowest BCUT2D eigenvalue weighted by atomic mass is 10.3. The first-order valence-electron chi connectivity index (χ1n) is 4.61. The van der Waals surface area contributed by atoms with Crippen LogP contribution in [0.3, 0.4) is 0 Å². The van der Waals surface area contributed by atoms with Crippen molar-refractivity contribution in [2.75, 3.05) is 19.5 Å². The van der Waals surface area contributed by atoms with Gasteiger partial charge in [-0.1, -0.05) is 0 Å². The predicted molar refractivity (Wildman–Crippen MR) is 58.7 cm³/mol. The van der Waals surface area contributed by atoms with Crippen LogP contribution in [0.15, 0.2) is 18.2 Å². The van der Waals surface area contributed by atoms with Crippen LogP contribution < -0.4 is 10.1 Å². The van der Waals surface area contributed by atoms with Crippen LogP contribution in [0.2, 0.25) is 0 Å². The number of carbonyl (C=O) groups is 1. The van der Waals surface area contributed by atoms with E-state index >= 15 is 0 Å². The van der Waals surface area contributed by atoms with Gasteiger partial charge in [-0.15, -0.1) is 0 Å². The molecule has 6 heteroatoms. The first kappa shape index (κ1) is 10.3. The first-order chi connectivity index (χ1) is 7.72. The van der Waals surface area contributed by atoms with Crippen LogP contribution in [0.5, 0.6) is 5.75 Å². The number of imidazole rings is 1. The fourth-order valence-corrected chi connectivity index (χ4v) is 1.32. The molecule has 0 fully saturated rings. The number of hydrogen-bond donors (Lipinski definition) is 2. The number of ether oxygens (including phenoxy) is 2. The van der Waals surface area contributed by atoms with Crippen molar-refractivity contribution in [1.82, 2.24) is 9.97 Å². The van der Waals surface area contributed by atoms with Crippen LogP contribution >= 0.6 is 0 Å². The van der Waals surface area contributed by atoms with Gasteiger partial charge in [0.2, 0.25) is 5.95 Å². The molecule has 0 unspecified atom stereocenters. The van der Waals surface area contributed by atoms with Gasteiger partial charge < -0.3 is 14.5 Å². The lowest BCUT2D eigenvalue weighted by Gasteiger charge is -1.97. The van der Waals surface area contributed by atoms with Crippen LogP contribution in [-0.4, -0.2) is 30.3 Å². The number of hydrogen-bond acceptors (Lipinski definition) is 4. The molecule has 0 spiro atoms. The van der Waals surface area contributed by atoms with Gasteiger partial charge >= 0.3 is 6.09 Å². The standard InChI is InChI=1S/C10H11N3O3/c1-15-6-3-4-7-8(5-6)12-9(11-7)13-10(14)16-2/h3-5H,1-2H3,(H2,11,12,13,14). The smallest absolute Gasteiger partial charge is 0.413 e. The molecule has 2 rings (SSSR count). The highest BCUT2D eigenvalue weighted by Gasteiger charge is 2.06. The number of benzene rings is 1. The van der Waals surface area contributed by atoms with Gasteiger partial charge in [0.05, 0.1) is 25.3 Å². The Kier molecular flexibility index (Phi) is 2.63. The number of aromatic nitrogens is 2. The maximum atomic E-state index is 11.0. The van der Waals surface area contributed by atoms with E-state index in [4.69, 9.17) is 4.74 Å². The fourth-order valence-electron chi connectivity index (χ4n) is 1.32. The fraction of sp³-hybridized carbons (Fsp3) is 0.200. The predicted octanol–water partition coefficient (Wildman–Crippen LogP) is 1.75. The Balaban J connectivity index is 2.32. The molecule has 2 aromatic rings. The summed E-state index contributed by atoms with van der Waals surface area (Å²) in [6.07, 6.45) is -0.564. The van der Waals surface area contributed by atoms with E-state index in [1.807, 2.05) is 0 Å². The summed E-state index contributed by atoms with van der Waals surface area (Å²) in [5, 5.41) is 2.45. The summed E-state index contributed by atoms with van der Waals surface area (Å²) in [4.78, 5) is 18.0. The average Bonchev–Trinajstić information content (AvgIpc) is 2.69. The number of nitrogens with one attached hydrogen (secondary N) is 2. The number of carbonyl (C=O) groups excluding carboxylic acids is 1. The molecule has 0 saturated carbocycles. The molecule has 0 saturated heterocycles. The van der Waals surface area contributed by atoms with Crippen molar-refractivity contribution < 1.29 is 14.3 Å². The molecule has 0 bridgehead atoms. The zero-order valence-corrected chi connectivity index (χ0v) is 8.90. The van der Waals surface area contributed by atoms with Crippen molar-refractivity contribution in [2.24, 2.45) is 0 Å². The third kappa shape index (κ3) is 1.90. The minimum atomic E-state index is -0.564. The molecule has 0 radical (unpaired) electrons. The average molecular weight is 221 g/mol. The second-order valence-corrected chi connectivity index (χ2v) is 3.09. The second kappa shape index (κ2) is 4.09. The van der Waals surface area contributed by atoms with Crippen LogP contribution in [0.25, 0.3) is 11.0 Å². The van der Waals surface area contributed by atoms with Gasteiger partial charge in [-0.2, -0.15) is 0 Å². The molecule has 1 heterocycles. The lowest BCUT2D eigenvalue weighted by Crippen LogP contribution is -2.11. The number of methoxy groups -OCH3 is 2. The lowest BCUT2D eigenvalue weighted by molar-refractivity contribution is 0.186. The van der Waals surface area contributed by atoms with Gasteiger partial charge in [-0.05, 0) is 12.1 Å². The zero-order chi connectivity index (χ0) is 11.5. The molecule has 1 aromatic carbocycles. The van der Waals surface area contributed by atoms with Gasteiger partial charge in [0.25, 0.3) is 0 Å². The summed E-state index contributed by atoms with van der Waals surface area (Å²) >= 11 is 0. The quantitative estimate of drug-likeness (QED) is 0.809. The molecular weight excluding hydrogens is 210 g/mol. The number of nitrogens with zero attached hydrogens (tertiary/aromatic N) is 1. The highest BCUT2D eigenvalue weighted by atomic mass is 16.5. The minimum absolute atomic E-state index is 0.343. The van der Waals surface area contributed by atoms with E-state index in [1.165, 1.54) is 7.11 Å². The van der Waals surface area contributed by atoms with Gasteiger partial charge in [0, 0.05) is 6.07 Å². The molecule has 6 nitrogen and oxygen atoms in total. The van der Waals surface area contributed by atoms with E-state index in [9.17, 15) is 4.79 Å². The Bertz CT molecular complexity index is 521. The molecular formula is C10H11N3O3. The number of rotatable bonds is 2. The monoisotopic (exact) mass is 221 g/mol. The van der Waals surface area contributed by atoms with Crippen LogP contribution in [-0.2, 0) is 4.74 Å². The van der Waals surface area contributed by atoms with Crippen molar-refractivity contribution >= 4 is 23.1 Å². The van der Waals surface area contributed by atoms with Gasteiger partial charge in [0.15, 0.2) is 0 Å². The Morgan fingerprint density at radius 1 is 1.44 bits per heavy atom. The number of fused-ring (bicyclic) bond motifs is 1. The SMILES string of the molecule is COC(=O)Nc1nc2ccc(OC)cc2[nH]1. The molecule has 0 aliphatic carbocycles. The topological polar surface area (TPSA) is 76.2 Å². The Labute approximate surface area is 91.6 Å². The van der Waals surface area contributed by atoms with Crippen LogP contribution in [0.4, 0.5) is 10.7 Å². The molecule has 84 valence electrons. The van der Waals surface area contributed by atoms with Crippen molar-refractivity contribution in [3.8, 4) is 5.75 Å². The summed E-state index contributed by atoms with van der Waals surface area (Å²) in [6, 6.07) is 5.39. The van der Waals surface area contributed by atoms with Crippen LogP contribution in [0, 0.1) is 0 Å². The normalized spacial score (nSPS) is 10.1. The van der Waals surface area contributed by atoms with E-state index in [-0.39, 0.29) is 0 Å². The van der Waals surface area contributed by atoms with Gasteiger partial charge in [-0.3, -0.25) is 5.32 Å². The summed E-state index contributed by atoms with van der Waals surface area (Å²) in [5.74, 6) is 1.07. The largest absolute Gasteiger partial charge is 0.497 e. The third-order valence-electron chi connectivity index (χ3n) is 2.09. The highest BCUT2D eigenvalue weighted by molar-refractivity contribution is 5.86. The second-order valence-electron chi connectivity index (χ2n) is 3.09. The summed E-state index contributed by atoms with van der Waals surface area (Å²) in [5.41, 5.74) is 1.53. The minimum Gasteiger partial charge on any atom is -0.497 e. The van der Waals surface area contributed by atoms with Gasteiger partial charge in [0.1, 0.15) is 5.75 Å². The number of anilines is 1. The van der Waals surface area contributed by atoms with Gasteiger partial charge in [-0.25, -0.2) is 9.78 Å². The highest BCUT2D eigenvalue weighted by Crippen LogP contribution is 2.20. The van der Waals surface area contributed by atoms with Crippen molar-refractivity contribution in [1.29, 1.82) is 0 Å². The first-order valence-corrected chi connectivity index (χ1v) is 4.61. The van der Waals surface area contributed by atoms with E-state index in [0.717, 1.165) is 16.8 Å². The Morgan fingerprint density at radius 3 is 2.94 bits per heavy atom. The summed E-state index contributed by atoms with van der Waals surface area (Å²) < 4.78 is 9.53. The summed E-state index contributed by atoms with van der Waals surface area (Å²) in [7, 11) is 2.88. The summed E-state index contributed by atoms with van der Waals surface area (Å²) in [6.45, 7) is 0. The maximum Gasteiger partial charge on any atom is 0.413 e. The molecule has 1 amide bonds. The van der Waals surface area contributed by atoms with Crippen molar-refractivity contribution in [3.05, 3.63) is 18.2 Å². The van der Waals surface area contributed by atoms with E-state index < -0.39 is 6.09 Å². The van der Waals surface area contributed by atoms with Crippen molar-refractivity contribution in [3.63, 3.8) is 0 Å². The van der Waals surface area contributed by atoms with Crippen LogP contribution in [0.1, 0.15) is 0 Å². The molecule has 1 aromatic heterocycles. The Hall–Kier alpha value is -2.24. The molecule has 16 heavy (non-hydrogen) atoms.